The summed E-state index contributed by atoms with van der Waals surface area (Å²) in [7, 11) is 0. The van der Waals surface area contributed by atoms with Crippen LogP contribution in [0.15, 0.2) is 11.6 Å². The van der Waals surface area contributed by atoms with Gasteiger partial charge < -0.3 is 9.47 Å². The van der Waals surface area contributed by atoms with Crippen molar-refractivity contribution in [2.45, 2.75) is 38.4 Å². The molecule has 0 aromatic heterocycles. The topological polar surface area (TPSA) is 52.6 Å². The molecule has 4 heteroatoms. The first-order valence-electron chi connectivity index (χ1n) is 5.76. The van der Waals surface area contributed by atoms with Crippen LogP contribution in [0.2, 0.25) is 0 Å². The molecule has 2 aliphatic carbocycles. The van der Waals surface area contributed by atoms with E-state index in [0.717, 1.165) is 12.8 Å². The number of rotatable bonds is 1. The third-order valence-corrected chi connectivity index (χ3v) is 3.82. The van der Waals surface area contributed by atoms with Crippen LogP contribution in [0.4, 0.5) is 0 Å². The van der Waals surface area contributed by atoms with Crippen molar-refractivity contribution in [2.24, 2.45) is 11.8 Å². The predicted molar refractivity (Wildman–Crippen MR) is 54.1 cm³/mol. The van der Waals surface area contributed by atoms with E-state index >= 15 is 0 Å². The van der Waals surface area contributed by atoms with Crippen LogP contribution in [0.3, 0.4) is 0 Å². The Labute approximate surface area is 93.6 Å². The van der Waals surface area contributed by atoms with Gasteiger partial charge in [0.1, 0.15) is 6.42 Å². The van der Waals surface area contributed by atoms with E-state index < -0.39 is 17.7 Å². The fourth-order valence-corrected chi connectivity index (χ4v) is 3.03. The van der Waals surface area contributed by atoms with Gasteiger partial charge in [-0.25, -0.2) is 0 Å². The fourth-order valence-electron chi connectivity index (χ4n) is 3.03. The third-order valence-electron chi connectivity index (χ3n) is 3.82. The summed E-state index contributed by atoms with van der Waals surface area (Å²) in [5.41, 5.74) is 1.38. The van der Waals surface area contributed by atoms with Crippen molar-refractivity contribution in [3.05, 3.63) is 11.6 Å². The maximum atomic E-state index is 11.3. The second-order valence-electron chi connectivity index (χ2n) is 4.81. The molecule has 2 fully saturated rings. The maximum absolute atomic E-state index is 11.3. The molecule has 1 heterocycles. The van der Waals surface area contributed by atoms with E-state index in [2.05, 4.69) is 13.0 Å². The first-order chi connectivity index (χ1) is 7.63. The van der Waals surface area contributed by atoms with Crippen molar-refractivity contribution >= 4 is 11.9 Å². The lowest BCUT2D eigenvalue weighted by Crippen LogP contribution is -2.59. The van der Waals surface area contributed by atoms with Gasteiger partial charge in [0.15, 0.2) is 0 Å². The SMILES string of the molecule is CCC1=C[C@@H]2[C@H](C1)CC21OC(=O)CC(=O)O1. The number of carbonyl (C=O) groups is 2. The van der Waals surface area contributed by atoms with Crippen molar-refractivity contribution in [3.8, 4) is 0 Å². The normalized spacial score (nSPS) is 34.9. The van der Waals surface area contributed by atoms with E-state index in [4.69, 9.17) is 9.47 Å². The van der Waals surface area contributed by atoms with E-state index in [1.54, 1.807) is 0 Å². The van der Waals surface area contributed by atoms with E-state index in [9.17, 15) is 9.59 Å². The van der Waals surface area contributed by atoms with Gasteiger partial charge in [-0.2, -0.15) is 0 Å². The van der Waals surface area contributed by atoms with Crippen molar-refractivity contribution in [1.29, 1.82) is 0 Å². The van der Waals surface area contributed by atoms with E-state index in [1.807, 2.05) is 0 Å². The summed E-state index contributed by atoms with van der Waals surface area (Å²) >= 11 is 0. The minimum Gasteiger partial charge on any atom is -0.421 e. The van der Waals surface area contributed by atoms with Gasteiger partial charge in [-0.3, -0.25) is 9.59 Å². The second kappa shape index (κ2) is 3.09. The highest BCUT2D eigenvalue weighted by atomic mass is 16.7. The third kappa shape index (κ3) is 1.22. The Bertz CT molecular complexity index is 380. The molecule has 0 N–H and O–H groups in total. The molecule has 1 saturated carbocycles. The fraction of sp³-hybridized carbons (Fsp3) is 0.667. The van der Waals surface area contributed by atoms with E-state index in [0.29, 0.717) is 12.3 Å². The Morgan fingerprint density at radius 2 is 2.06 bits per heavy atom. The molecule has 0 amide bonds. The molecule has 3 rings (SSSR count). The number of hydrogen-bond donors (Lipinski definition) is 0. The summed E-state index contributed by atoms with van der Waals surface area (Å²) in [4.78, 5) is 22.6. The van der Waals surface area contributed by atoms with Gasteiger partial charge in [-0.05, 0) is 18.8 Å². The van der Waals surface area contributed by atoms with Crippen molar-refractivity contribution in [3.63, 3.8) is 0 Å². The molecule has 2 atom stereocenters. The minimum absolute atomic E-state index is 0.0932. The number of allylic oxidation sites excluding steroid dienone is 1. The molecule has 16 heavy (non-hydrogen) atoms. The molecule has 0 aromatic rings. The molecule has 1 saturated heterocycles. The molecule has 0 bridgehead atoms. The summed E-state index contributed by atoms with van der Waals surface area (Å²) in [6, 6.07) is 0. The zero-order chi connectivity index (χ0) is 11.3. The largest absolute Gasteiger partial charge is 0.421 e. The van der Waals surface area contributed by atoms with Crippen LogP contribution in [-0.2, 0) is 19.1 Å². The number of fused-ring (bicyclic) bond motifs is 2. The zero-order valence-corrected chi connectivity index (χ0v) is 9.19. The Hall–Kier alpha value is -1.32. The Morgan fingerprint density at radius 3 is 2.69 bits per heavy atom. The molecule has 1 spiro atoms. The Kier molecular flexibility index (Phi) is 1.91. The monoisotopic (exact) mass is 222 g/mol. The summed E-state index contributed by atoms with van der Waals surface area (Å²) in [5.74, 6) is -1.26. The molecule has 0 unspecified atom stereocenters. The van der Waals surface area contributed by atoms with Crippen LogP contribution >= 0.6 is 0 Å². The van der Waals surface area contributed by atoms with Gasteiger partial charge in [0.2, 0.25) is 0 Å². The molecule has 4 nitrogen and oxygen atoms in total. The molecule has 86 valence electrons. The Balaban J connectivity index is 1.83. The summed E-state index contributed by atoms with van der Waals surface area (Å²) < 4.78 is 10.5. The molecule has 0 radical (unpaired) electrons. The average Bonchev–Trinajstić information content (AvgIpc) is 2.55. The number of esters is 2. The van der Waals surface area contributed by atoms with Crippen LogP contribution in [0.1, 0.15) is 32.6 Å². The van der Waals surface area contributed by atoms with Crippen LogP contribution in [0, 0.1) is 11.8 Å². The molecular weight excluding hydrogens is 208 g/mol. The Morgan fingerprint density at radius 1 is 1.38 bits per heavy atom. The molecule has 3 aliphatic rings. The van der Waals surface area contributed by atoms with Crippen molar-refractivity contribution < 1.29 is 19.1 Å². The first-order valence-corrected chi connectivity index (χ1v) is 5.76. The van der Waals surface area contributed by atoms with Gasteiger partial charge >= 0.3 is 11.9 Å². The first kappa shape index (κ1) is 9.87. The highest BCUT2D eigenvalue weighted by Gasteiger charge is 2.62. The highest BCUT2D eigenvalue weighted by molar-refractivity contribution is 5.93. The number of carbonyl (C=O) groups excluding carboxylic acids is 2. The predicted octanol–water partition coefficient (Wildman–Crippen LogP) is 1.55. The lowest BCUT2D eigenvalue weighted by molar-refractivity contribution is -0.299. The van der Waals surface area contributed by atoms with E-state index in [-0.39, 0.29) is 12.3 Å². The average molecular weight is 222 g/mol. The molecular formula is C12H14O4. The lowest BCUT2D eigenvalue weighted by Gasteiger charge is -2.50. The standard InChI is InChI=1S/C12H14O4/c1-2-7-3-8-6-12(9(8)4-7)15-10(13)5-11(14)16-12/h4,8-9H,2-3,5-6H2,1H3/t8-,9-/m1/s1. The van der Waals surface area contributed by atoms with Gasteiger partial charge in [0, 0.05) is 6.42 Å². The smallest absolute Gasteiger partial charge is 0.320 e. The van der Waals surface area contributed by atoms with Gasteiger partial charge in [0.25, 0.3) is 5.79 Å². The van der Waals surface area contributed by atoms with Crippen LogP contribution in [-0.4, -0.2) is 17.7 Å². The van der Waals surface area contributed by atoms with Crippen molar-refractivity contribution in [1.82, 2.24) is 0 Å². The lowest BCUT2D eigenvalue weighted by atomic mass is 9.69. The number of ether oxygens (including phenoxy) is 2. The quantitative estimate of drug-likeness (QED) is 0.383. The molecule has 0 aromatic carbocycles. The summed E-state index contributed by atoms with van der Waals surface area (Å²) in [5, 5.41) is 0. The van der Waals surface area contributed by atoms with Crippen molar-refractivity contribution in [2.75, 3.05) is 0 Å². The summed E-state index contributed by atoms with van der Waals surface area (Å²) in [6.45, 7) is 2.11. The van der Waals surface area contributed by atoms with Crippen LogP contribution in [0.25, 0.3) is 0 Å². The van der Waals surface area contributed by atoms with E-state index in [1.165, 1.54) is 5.57 Å². The summed E-state index contributed by atoms with van der Waals surface area (Å²) in [6.07, 6.45) is 4.61. The number of hydrogen-bond acceptors (Lipinski definition) is 4. The van der Waals surface area contributed by atoms with Gasteiger partial charge in [-0.1, -0.05) is 18.6 Å². The maximum Gasteiger partial charge on any atom is 0.320 e. The van der Waals surface area contributed by atoms with Crippen LogP contribution in [0.5, 0.6) is 0 Å². The highest BCUT2D eigenvalue weighted by Crippen LogP contribution is 2.56. The second-order valence-corrected chi connectivity index (χ2v) is 4.81. The van der Waals surface area contributed by atoms with Gasteiger partial charge in [-0.15, -0.1) is 0 Å². The van der Waals surface area contributed by atoms with Crippen LogP contribution < -0.4 is 0 Å². The van der Waals surface area contributed by atoms with Gasteiger partial charge in [0.05, 0.1) is 5.92 Å². The minimum atomic E-state index is -0.950. The zero-order valence-electron chi connectivity index (χ0n) is 9.19. The molecule has 1 aliphatic heterocycles.